The standard InChI is InChI=1S/C12H25/c1-6-8-12(7-2)11(5)9-10(3)4/h10-12H,3,6-9H2,1-2,4-5H3. The Kier molecular flexibility index (Phi) is 6.51. The molecule has 0 nitrogen and oxygen atoms in total. The summed E-state index contributed by atoms with van der Waals surface area (Å²) >= 11 is 0. The van der Waals surface area contributed by atoms with Gasteiger partial charge in [-0.3, -0.25) is 0 Å². The Balaban J connectivity index is 3.76. The molecule has 0 rings (SSSR count). The number of rotatable bonds is 6. The lowest BCUT2D eigenvalue weighted by molar-refractivity contribution is 0.286. The van der Waals surface area contributed by atoms with E-state index in [0.29, 0.717) is 5.92 Å². The Labute approximate surface area is 78.8 Å². The molecule has 0 heteroatoms. The second kappa shape index (κ2) is 6.51. The largest absolute Gasteiger partial charge is 0.0654 e. The normalized spacial score (nSPS) is 16.5. The van der Waals surface area contributed by atoms with Gasteiger partial charge >= 0.3 is 0 Å². The van der Waals surface area contributed by atoms with Gasteiger partial charge in [0.2, 0.25) is 0 Å². The topological polar surface area (TPSA) is 0 Å². The lowest BCUT2D eigenvalue weighted by Crippen LogP contribution is -2.12. The minimum Gasteiger partial charge on any atom is -0.0654 e. The molecule has 0 fully saturated rings. The molecule has 3 atom stereocenters. The molecule has 0 aliphatic carbocycles. The van der Waals surface area contributed by atoms with Crippen molar-refractivity contribution in [2.75, 3.05) is 0 Å². The van der Waals surface area contributed by atoms with Crippen LogP contribution >= 0.6 is 0 Å². The first-order valence-electron chi connectivity index (χ1n) is 5.44. The average molecular weight is 169 g/mol. The van der Waals surface area contributed by atoms with Crippen LogP contribution in [-0.4, -0.2) is 0 Å². The van der Waals surface area contributed by atoms with Crippen molar-refractivity contribution >= 4 is 0 Å². The molecule has 0 saturated carbocycles. The monoisotopic (exact) mass is 169 g/mol. The fourth-order valence-corrected chi connectivity index (χ4v) is 2.09. The summed E-state index contributed by atoms with van der Waals surface area (Å²) in [6.07, 6.45) is 5.35. The molecule has 0 spiro atoms. The molecule has 0 aliphatic rings. The van der Waals surface area contributed by atoms with Gasteiger partial charge in [0.05, 0.1) is 0 Å². The van der Waals surface area contributed by atoms with Gasteiger partial charge in [-0.2, -0.15) is 0 Å². The molecular weight excluding hydrogens is 144 g/mol. The van der Waals surface area contributed by atoms with E-state index in [1.807, 2.05) is 0 Å². The van der Waals surface area contributed by atoms with Gasteiger partial charge in [-0.05, 0) is 24.2 Å². The van der Waals surface area contributed by atoms with Crippen LogP contribution in [0.15, 0.2) is 0 Å². The van der Waals surface area contributed by atoms with Crippen LogP contribution in [0.3, 0.4) is 0 Å². The maximum atomic E-state index is 4.06. The Hall–Kier alpha value is 0. The third-order valence-electron chi connectivity index (χ3n) is 2.76. The van der Waals surface area contributed by atoms with Gasteiger partial charge in [-0.15, -0.1) is 0 Å². The highest BCUT2D eigenvalue weighted by atomic mass is 14.2. The highest BCUT2D eigenvalue weighted by molar-refractivity contribution is 4.68. The van der Waals surface area contributed by atoms with Crippen LogP contribution in [0.2, 0.25) is 0 Å². The summed E-state index contributed by atoms with van der Waals surface area (Å²) < 4.78 is 0. The van der Waals surface area contributed by atoms with Crippen molar-refractivity contribution in [2.24, 2.45) is 17.8 Å². The molecule has 0 heterocycles. The smallest absolute Gasteiger partial charge is 0.0391 e. The molecule has 73 valence electrons. The van der Waals surface area contributed by atoms with Crippen molar-refractivity contribution in [3.8, 4) is 0 Å². The van der Waals surface area contributed by atoms with Crippen molar-refractivity contribution in [3.05, 3.63) is 6.92 Å². The highest BCUT2D eigenvalue weighted by Crippen LogP contribution is 2.26. The van der Waals surface area contributed by atoms with Crippen molar-refractivity contribution in [1.82, 2.24) is 0 Å². The predicted molar refractivity (Wildman–Crippen MR) is 57.0 cm³/mol. The highest BCUT2D eigenvalue weighted by Gasteiger charge is 2.15. The van der Waals surface area contributed by atoms with E-state index in [2.05, 4.69) is 34.6 Å². The summed E-state index contributed by atoms with van der Waals surface area (Å²) in [5.41, 5.74) is 0. The molecule has 0 aromatic carbocycles. The third-order valence-corrected chi connectivity index (χ3v) is 2.76. The Morgan fingerprint density at radius 2 is 1.75 bits per heavy atom. The van der Waals surface area contributed by atoms with Crippen molar-refractivity contribution in [1.29, 1.82) is 0 Å². The zero-order valence-electron chi connectivity index (χ0n) is 9.27. The molecule has 0 N–H and O–H groups in total. The first kappa shape index (κ1) is 12.0. The maximum Gasteiger partial charge on any atom is -0.0391 e. The first-order valence-corrected chi connectivity index (χ1v) is 5.44. The van der Waals surface area contributed by atoms with Crippen LogP contribution in [0.5, 0.6) is 0 Å². The number of hydrogen-bond acceptors (Lipinski definition) is 0. The SMILES string of the molecule is [CH2]C(C)CC(C)C(CC)CCC. The van der Waals surface area contributed by atoms with Gasteiger partial charge in [-0.25, -0.2) is 0 Å². The van der Waals surface area contributed by atoms with Gasteiger partial charge in [0.1, 0.15) is 0 Å². The van der Waals surface area contributed by atoms with Crippen LogP contribution in [0.1, 0.15) is 53.4 Å². The summed E-state index contributed by atoms with van der Waals surface area (Å²) in [4.78, 5) is 0. The zero-order chi connectivity index (χ0) is 9.56. The Bertz CT molecular complexity index is 94.2. The Morgan fingerprint density at radius 1 is 1.17 bits per heavy atom. The van der Waals surface area contributed by atoms with E-state index >= 15 is 0 Å². The summed E-state index contributed by atoms with van der Waals surface area (Å²) in [5.74, 6) is 2.41. The van der Waals surface area contributed by atoms with Crippen LogP contribution in [0.25, 0.3) is 0 Å². The molecule has 0 aliphatic heterocycles. The van der Waals surface area contributed by atoms with Crippen molar-refractivity contribution in [3.63, 3.8) is 0 Å². The van der Waals surface area contributed by atoms with E-state index in [9.17, 15) is 0 Å². The number of hydrogen-bond donors (Lipinski definition) is 0. The van der Waals surface area contributed by atoms with Gasteiger partial charge in [-0.1, -0.05) is 53.9 Å². The van der Waals surface area contributed by atoms with E-state index in [0.717, 1.165) is 11.8 Å². The Morgan fingerprint density at radius 3 is 2.08 bits per heavy atom. The minimum absolute atomic E-state index is 0.617. The van der Waals surface area contributed by atoms with Crippen molar-refractivity contribution < 1.29 is 0 Å². The average Bonchev–Trinajstić information content (AvgIpc) is 1.98. The van der Waals surface area contributed by atoms with Gasteiger partial charge in [0, 0.05) is 0 Å². The van der Waals surface area contributed by atoms with Gasteiger partial charge in [0.15, 0.2) is 0 Å². The molecule has 0 bridgehead atoms. The molecule has 3 unspecified atom stereocenters. The van der Waals surface area contributed by atoms with Gasteiger partial charge in [0.25, 0.3) is 0 Å². The van der Waals surface area contributed by atoms with E-state index in [4.69, 9.17) is 0 Å². The molecule has 0 amide bonds. The third kappa shape index (κ3) is 4.79. The summed E-state index contributed by atoms with van der Waals surface area (Å²) in [6, 6.07) is 0. The van der Waals surface area contributed by atoms with Crippen LogP contribution in [0, 0.1) is 24.7 Å². The second-order valence-corrected chi connectivity index (χ2v) is 4.28. The van der Waals surface area contributed by atoms with Crippen LogP contribution in [0.4, 0.5) is 0 Å². The summed E-state index contributed by atoms with van der Waals surface area (Å²) in [7, 11) is 0. The quantitative estimate of drug-likeness (QED) is 0.556. The molecule has 0 aromatic heterocycles. The summed E-state index contributed by atoms with van der Waals surface area (Å²) in [6.45, 7) is 13.2. The lowest BCUT2D eigenvalue weighted by Gasteiger charge is -2.23. The molecular formula is C12H25. The van der Waals surface area contributed by atoms with E-state index in [-0.39, 0.29) is 0 Å². The minimum atomic E-state index is 0.617. The van der Waals surface area contributed by atoms with E-state index in [1.165, 1.54) is 25.7 Å². The van der Waals surface area contributed by atoms with Gasteiger partial charge < -0.3 is 0 Å². The van der Waals surface area contributed by atoms with E-state index < -0.39 is 0 Å². The fraction of sp³-hybridized carbons (Fsp3) is 0.917. The predicted octanol–water partition coefficient (Wildman–Crippen LogP) is 4.31. The summed E-state index contributed by atoms with van der Waals surface area (Å²) in [5, 5.41) is 0. The van der Waals surface area contributed by atoms with Crippen LogP contribution in [-0.2, 0) is 0 Å². The molecule has 1 radical (unpaired) electrons. The lowest BCUT2D eigenvalue weighted by atomic mass is 9.83. The van der Waals surface area contributed by atoms with Crippen molar-refractivity contribution in [2.45, 2.75) is 53.4 Å². The fourth-order valence-electron chi connectivity index (χ4n) is 2.09. The maximum absolute atomic E-state index is 4.06. The molecule has 0 aromatic rings. The van der Waals surface area contributed by atoms with E-state index in [1.54, 1.807) is 0 Å². The zero-order valence-corrected chi connectivity index (χ0v) is 9.27. The van der Waals surface area contributed by atoms with Crippen LogP contribution < -0.4 is 0 Å². The first-order chi connectivity index (χ1) is 5.61. The second-order valence-electron chi connectivity index (χ2n) is 4.28. The molecule has 0 saturated heterocycles. The molecule has 12 heavy (non-hydrogen) atoms.